The van der Waals surface area contributed by atoms with Gasteiger partial charge in [0.25, 0.3) is 0 Å². The summed E-state index contributed by atoms with van der Waals surface area (Å²) in [6.45, 7) is 4.30. The van der Waals surface area contributed by atoms with E-state index in [0.29, 0.717) is 5.92 Å². The minimum Gasteiger partial charge on any atom is -0.385 e. The van der Waals surface area contributed by atoms with Crippen LogP contribution in [0, 0.1) is 25.7 Å². The van der Waals surface area contributed by atoms with Crippen molar-refractivity contribution >= 4 is 0 Å². The Morgan fingerprint density at radius 3 is 2.14 bits per heavy atom. The number of benzene rings is 1. The smallest absolute Gasteiger partial charge is 0.0927 e. The van der Waals surface area contributed by atoms with Crippen LogP contribution < -0.4 is 0 Å². The molecule has 1 nitrogen and oxygen atoms in total. The highest BCUT2D eigenvalue weighted by atomic mass is 16.3. The molecule has 2 unspecified atom stereocenters. The van der Waals surface area contributed by atoms with Crippen molar-refractivity contribution in [2.45, 2.75) is 77.2 Å². The zero-order valence-electron chi connectivity index (χ0n) is 13.7. The van der Waals surface area contributed by atoms with Gasteiger partial charge in [-0.05, 0) is 44.1 Å². The molecule has 2 aliphatic rings. The van der Waals surface area contributed by atoms with E-state index in [0.717, 1.165) is 12.3 Å². The van der Waals surface area contributed by atoms with Crippen molar-refractivity contribution in [2.24, 2.45) is 11.8 Å². The van der Waals surface area contributed by atoms with Gasteiger partial charge >= 0.3 is 0 Å². The molecular weight excluding hydrogens is 256 g/mol. The van der Waals surface area contributed by atoms with Crippen LogP contribution in [0.25, 0.3) is 0 Å². The fourth-order valence-corrected chi connectivity index (χ4v) is 4.93. The number of hydrogen-bond donors (Lipinski definition) is 1. The third-order valence-electron chi connectivity index (χ3n) is 5.88. The van der Waals surface area contributed by atoms with Crippen LogP contribution in [0.2, 0.25) is 0 Å². The van der Waals surface area contributed by atoms with E-state index in [1.807, 2.05) is 0 Å². The second-order valence-corrected chi connectivity index (χ2v) is 7.55. The van der Waals surface area contributed by atoms with Gasteiger partial charge in [-0.25, -0.2) is 0 Å². The minimum atomic E-state index is -0.572. The van der Waals surface area contributed by atoms with E-state index in [2.05, 4.69) is 32.0 Å². The Morgan fingerprint density at radius 1 is 0.857 bits per heavy atom. The third kappa shape index (κ3) is 3.04. The summed E-state index contributed by atoms with van der Waals surface area (Å²) in [4.78, 5) is 0. The van der Waals surface area contributed by atoms with Crippen molar-refractivity contribution in [1.29, 1.82) is 0 Å². The minimum absolute atomic E-state index is 0.479. The Hall–Kier alpha value is -0.820. The average Bonchev–Trinajstić information content (AvgIpc) is 2.47. The number of rotatable bonds is 2. The molecular formula is C20H30O. The van der Waals surface area contributed by atoms with E-state index in [9.17, 15) is 5.11 Å². The van der Waals surface area contributed by atoms with Crippen molar-refractivity contribution in [3.63, 3.8) is 0 Å². The summed E-state index contributed by atoms with van der Waals surface area (Å²) in [5, 5.41) is 11.6. The Balaban J connectivity index is 1.93. The number of hydrogen-bond acceptors (Lipinski definition) is 1. The van der Waals surface area contributed by atoms with E-state index in [-0.39, 0.29) is 0 Å². The van der Waals surface area contributed by atoms with Gasteiger partial charge in [0.1, 0.15) is 0 Å². The summed E-state index contributed by atoms with van der Waals surface area (Å²) in [5.74, 6) is 1.22. The van der Waals surface area contributed by atoms with Crippen LogP contribution in [0.1, 0.15) is 74.5 Å². The summed E-state index contributed by atoms with van der Waals surface area (Å²) < 4.78 is 0. The summed E-state index contributed by atoms with van der Waals surface area (Å²) in [7, 11) is 0. The molecule has 2 aliphatic carbocycles. The zero-order valence-corrected chi connectivity index (χ0v) is 13.7. The lowest BCUT2D eigenvalue weighted by Gasteiger charge is -2.46. The lowest BCUT2D eigenvalue weighted by molar-refractivity contribution is -0.0835. The maximum atomic E-state index is 11.6. The van der Waals surface area contributed by atoms with Crippen LogP contribution in [0.5, 0.6) is 0 Å². The second-order valence-electron chi connectivity index (χ2n) is 7.55. The molecule has 2 saturated carbocycles. The number of aliphatic hydroxyl groups is 1. The first-order chi connectivity index (χ1) is 10.1. The average molecular weight is 286 g/mol. The first-order valence-corrected chi connectivity index (χ1v) is 8.91. The largest absolute Gasteiger partial charge is 0.385 e. The van der Waals surface area contributed by atoms with Gasteiger partial charge in [0.05, 0.1) is 5.60 Å². The quantitative estimate of drug-likeness (QED) is 0.786. The zero-order chi connectivity index (χ0) is 14.9. The third-order valence-corrected chi connectivity index (χ3v) is 5.88. The topological polar surface area (TPSA) is 20.2 Å². The Bertz CT molecular complexity index is 466. The first-order valence-electron chi connectivity index (χ1n) is 8.91. The molecule has 0 bridgehead atoms. The summed E-state index contributed by atoms with van der Waals surface area (Å²) >= 11 is 0. The maximum Gasteiger partial charge on any atom is 0.0927 e. The molecule has 0 radical (unpaired) electrons. The van der Waals surface area contributed by atoms with Gasteiger partial charge in [-0.1, -0.05) is 74.3 Å². The Kier molecular flexibility index (Phi) is 4.40. The van der Waals surface area contributed by atoms with Gasteiger partial charge in [-0.3, -0.25) is 0 Å². The molecule has 0 saturated heterocycles. The normalized spacial score (nSPS) is 31.3. The molecule has 1 N–H and O–H groups in total. The van der Waals surface area contributed by atoms with E-state index in [4.69, 9.17) is 0 Å². The molecule has 0 amide bonds. The molecule has 2 atom stereocenters. The van der Waals surface area contributed by atoms with Gasteiger partial charge in [0, 0.05) is 0 Å². The van der Waals surface area contributed by atoms with Crippen molar-refractivity contribution < 1.29 is 5.11 Å². The first kappa shape index (κ1) is 15.1. The predicted molar refractivity (Wildman–Crippen MR) is 88.3 cm³/mol. The molecule has 0 aliphatic heterocycles. The summed E-state index contributed by atoms with van der Waals surface area (Å²) in [5.41, 5.74) is 3.19. The molecule has 1 aromatic carbocycles. The maximum absolute atomic E-state index is 11.6. The molecule has 2 fully saturated rings. The number of aryl methyl sites for hydroxylation is 2. The molecule has 1 aromatic rings. The molecule has 21 heavy (non-hydrogen) atoms. The van der Waals surface area contributed by atoms with Crippen molar-refractivity contribution in [1.82, 2.24) is 0 Å². The highest BCUT2D eigenvalue weighted by Crippen LogP contribution is 2.49. The lowest BCUT2D eigenvalue weighted by Crippen LogP contribution is -2.42. The molecule has 0 spiro atoms. The van der Waals surface area contributed by atoms with Crippen LogP contribution in [0.4, 0.5) is 0 Å². The molecule has 1 heteroatoms. The lowest BCUT2D eigenvalue weighted by atomic mass is 9.63. The Morgan fingerprint density at radius 2 is 1.48 bits per heavy atom. The van der Waals surface area contributed by atoms with Gasteiger partial charge in [-0.15, -0.1) is 0 Å². The van der Waals surface area contributed by atoms with Crippen LogP contribution in [0.15, 0.2) is 18.2 Å². The SMILES string of the molecule is Cc1cc(C)cc(C2(O)CCCCC2C2CCCCC2)c1. The van der Waals surface area contributed by atoms with Crippen LogP contribution in [-0.2, 0) is 5.60 Å². The van der Waals surface area contributed by atoms with E-state index in [1.165, 1.54) is 68.1 Å². The fourth-order valence-electron chi connectivity index (χ4n) is 4.93. The van der Waals surface area contributed by atoms with Crippen LogP contribution in [0.3, 0.4) is 0 Å². The van der Waals surface area contributed by atoms with E-state index in [1.54, 1.807) is 0 Å². The summed E-state index contributed by atoms with van der Waals surface area (Å²) in [6.07, 6.45) is 11.4. The van der Waals surface area contributed by atoms with Crippen molar-refractivity contribution in [3.05, 3.63) is 34.9 Å². The van der Waals surface area contributed by atoms with Gasteiger partial charge < -0.3 is 5.11 Å². The van der Waals surface area contributed by atoms with Crippen LogP contribution >= 0.6 is 0 Å². The molecule has 0 aromatic heterocycles. The van der Waals surface area contributed by atoms with E-state index >= 15 is 0 Å². The van der Waals surface area contributed by atoms with Crippen LogP contribution in [-0.4, -0.2) is 5.11 Å². The highest BCUT2D eigenvalue weighted by Gasteiger charge is 2.44. The molecule has 0 heterocycles. The van der Waals surface area contributed by atoms with Crippen molar-refractivity contribution in [2.75, 3.05) is 0 Å². The van der Waals surface area contributed by atoms with Gasteiger partial charge in [0.2, 0.25) is 0 Å². The molecule has 3 rings (SSSR count). The monoisotopic (exact) mass is 286 g/mol. The molecule has 116 valence electrons. The Labute approximate surface area is 129 Å². The highest BCUT2D eigenvalue weighted by molar-refractivity contribution is 5.33. The predicted octanol–water partition coefficient (Wildman–Crippen LogP) is 5.26. The van der Waals surface area contributed by atoms with Crippen molar-refractivity contribution in [3.8, 4) is 0 Å². The second kappa shape index (κ2) is 6.12. The standard InChI is InChI=1S/C20H30O/c1-15-12-16(2)14-18(13-15)20(21)11-7-6-10-19(20)17-8-4-3-5-9-17/h12-14,17,19,21H,3-11H2,1-2H3. The fraction of sp³-hybridized carbons (Fsp3) is 0.700. The van der Waals surface area contributed by atoms with Gasteiger partial charge in [-0.2, -0.15) is 0 Å². The summed E-state index contributed by atoms with van der Waals surface area (Å²) in [6, 6.07) is 6.67. The van der Waals surface area contributed by atoms with Gasteiger partial charge in [0.15, 0.2) is 0 Å². The van der Waals surface area contributed by atoms with E-state index < -0.39 is 5.60 Å².